The predicted molar refractivity (Wildman–Crippen MR) is 54.6 cm³/mol. The molecule has 0 N–H and O–H groups in total. The van der Waals surface area contributed by atoms with Gasteiger partial charge >= 0.3 is 24.3 Å². The molecule has 21 heavy (non-hydrogen) atoms. The summed E-state index contributed by atoms with van der Waals surface area (Å²) >= 11 is 0. The van der Waals surface area contributed by atoms with Gasteiger partial charge in [0.05, 0.1) is 0 Å². The fraction of sp³-hybridized carbons (Fsp3) is 0.273. The fourth-order valence-electron chi connectivity index (χ4n) is 1.15. The van der Waals surface area contributed by atoms with Gasteiger partial charge in [0.1, 0.15) is 0 Å². The number of hydrogen-bond acceptors (Lipinski definition) is 4. The van der Waals surface area contributed by atoms with Crippen LogP contribution >= 0.6 is 0 Å². The van der Waals surface area contributed by atoms with E-state index in [1.54, 1.807) is 0 Å². The number of alkyl halides is 6. The minimum atomic E-state index is -5.35. The number of ether oxygens (including phenoxy) is 2. The smallest absolute Gasteiger partial charge is 0.416 e. The zero-order chi connectivity index (χ0) is 16.4. The molecular formula is C11H6F6O4. The number of para-hydroxylation sites is 1. The lowest BCUT2D eigenvalue weighted by molar-refractivity contribution is -0.191. The van der Waals surface area contributed by atoms with Crippen LogP contribution < -0.4 is 9.47 Å². The summed E-state index contributed by atoms with van der Waals surface area (Å²) in [5.41, 5.74) is -0.125. The number of rotatable bonds is 2. The Morgan fingerprint density at radius 3 is 1.86 bits per heavy atom. The molecule has 0 aliphatic rings. The van der Waals surface area contributed by atoms with Gasteiger partial charge in [-0.2, -0.15) is 26.3 Å². The Morgan fingerprint density at radius 2 is 1.38 bits per heavy atom. The highest BCUT2D eigenvalue weighted by Gasteiger charge is 2.44. The van der Waals surface area contributed by atoms with Gasteiger partial charge in [-0.05, 0) is 18.6 Å². The monoisotopic (exact) mass is 316 g/mol. The molecule has 0 unspecified atom stereocenters. The van der Waals surface area contributed by atoms with Crippen LogP contribution in [0.1, 0.15) is 5.56 Å². The molecule has 0 saturated heterocycles. The molecule has 4 nitrogen and oxygen atoms in total. The first-order chi connectivity index (χ1) is 9.43. The summed E-state index contributed by atoms with van der Waals surface area (Å²) in [7, 11) is 0. The Hall–Kier alpha value is -2.26. The number of esters is 2. The van der Waals surface area contributed by atoms with Crippen molar-refractivity contribution in [2.75, 3.05) is 0 Å². The van der Waals surface area contributed by atoms with Crippen LogP contribution in [0.5, 0.6) is 11.5 Å². The zero-order valence-corrected chi connectivity index (χ0v) is 10.1. The molecule has 0 aliphatic carbocycles. The molecule has 0 aromatic heterocycles. The third-order valence-corrected chi connectivity index (χ3v) is 2.04. The molecule has 0 bridgehead atoms. The lowest BCUT2D eigenvalue weighted by Crippen LogP contribution is -2.30. The van der Waals surface area contributed by atoms with Crippen LogP contribution in [0.25, 0.3) is 0 Å². The van der Waals surface area contributed by atoms with Crippen molar-refractivity contribution >= 4 is 11.9 Å². The van der Waals surface area contributed by atoms with E-state index < -0.39 is 35.8 Å². The molecule has 0 fully saturated rings. The number of halogens is 6. The molecule has 1 aromatic carbocycles. The van der Waals surface area contributed by atoms with Gasteiger partial charge in [-0.15, -0.1) is 0 Å². The maximum atomic E-state index is 12.1. The molecule has 1 aromatic rings. The first-order valence-electron chi connectivity index (χ1n) is 5.10. The van der Waals surface area contributed by atoms with Crippen LogP contribution in [0.4, 0.5) is 26.3 Å². The van der Waals surface area contributed by atoms with Crippen molar-refractivity contribution in [3.05, 3.63) is 23.8 Å². The number of carbonyl (C=O) groups excluding carboxylic acids is 2. The molecule has 0 saturated carbocycles. The highest BCUT2D eigenvalue weighted by atomic mass is 19.4. The highest BCUT2D eigenvalue weighted by molar-refractivity contribution is 5.81. The molecule has 0 spiro atoms. The van der Waals surface area contributed by atoms with E-state index in [4.69, 9.17) is 0 Å². The van der Waals surface area contributed by atoms with E-state index in [9.17, 15) is 35.9 Å². The SMILES string of the molecule is Cc1cccc(OC(=O)C(F)(F)F)c1OC(=O)C(F)(F)F. The average Bonchev–Trinajstić information content (AvgIpc) is 2.30. The lowest BCUT2D eigenvalue weighted by atomic mass is 10.2. The topological polar surface area (TPSA) is 52.6 Å². The van der Waals surface area contributed by atoms with Crippen LogP contribution in [0.2, 0.25) is 0 Å². The van der Waals surface area contributed by atoms with Crippen molar-refractivity contribution in [1.82, 2.24) is 0 Å². The summed E-state index contributed by atoms with van der Waals surface area (Å²) in [6.07, 6.45) is -10.7. The van der Waals surface area contributed by atoms with Crippen LogP contribution in [0, 0.1) is 6.92 Å². The van der Waals surface area contributed by atoms with Gasteiger partial charge in [0.15, 0.2) is 11.5 Å². The third kappa shape index (κ3) is 4.36. The van der Waals surface area contributed by atoms with Gasteiger partial charge in [-0.1, -0.05) is 12.1 Å². The van der Waals surface area contributed by atoms with E-state index in [1.165, 1.54) is 0 Å². The zero-order valence-electron chi connectivity index (χ0n) is 10.1. The Labute approximate surface area is 113 Å². The largest absolute Gasteiger partial charge is 0.491 e. The van der Waals surface area contributed by atoms with Crippen molar-refractivity contribution in [1.29, 1.82) is 0 Å². The summed E-state index contributed by atoms with van der Waals surface area (Å²) in [4.78, 5) is 21.4. The standard InChI is InChI=1S/C11H6F6O4/c1-5-3-2-4-6(20-8(18)10(12,13)14)7(5)21-9(19)11(15,16)17/h2-4H,1H3. The van der Waals surface area contributed by atoms with E-state index in [0.717, 1.165) is 25.1 Å². The van der Waals surface area contributed by atoms with Crippen molar-refractivity contribution in [3.8, 4) is 11.5 Å². The van der Waals surface area contributed by atoms with E-state index in [0.29, 0.717) is 0 Å². The van der Waals surface area contributed by atoms with Crippen LogP contribution in [-0.2, 0) is 9.59 Å². The number of aryl methyl sites for hydroxylation is 1. The Morgan fingerprint density at radius 1 is 0.905 bits per heavy atom. The van der Waals surface area contributed by atoms with Gasteiger partial charge in [0, 0.05) is 0 Å². The van der Waals surface area contributed by atoms with Crippen molar-refractivity contribution in [2.24, 2.45) is 0 Å². The molecule has 0 radical (unpaired) electrons. The normalized spacial score (nSPS) is 12.0. The van der Waals surface area contributed by atoms with Gasteiger partial charge < -0.3 is 9.47 Å². The van der Waals surface area contributed by atoms with Gasteiger partial charge in [-0.3, -0.25) is 0 Å². The Bertz CT molecular complexity index is 561. The number of carbonyl (C=O) groups is 2. The van der Waals surface area contributed by atoms with E-state index in [1.807, 2.05) is 0 Å². The second-order valence-corrected chi connectivity index (χ2v) is 3.68. The molecule has 10 heteroatoms. The van der Waals surface area contributed by atoms with Crippen molar-refractivity contribution in [2.45, 2.75) is 19.3 Å². The van der Waals surface area contributed by atoms with E-state index >= 15 is 0 Å². The Balaban J connectivity index is 3.10. The molecule has 0 atom stereocenters. The van der Waals surface area contributed by atoms with Gasteiger partial charge in [0.2, 0.25) is 0 Å². The first kappa shape index (κ1) is 16.8. The molecule has 116 valence electrons. The van der Waals surface area contributed by atoms with E-state index in [2.05, 4.69) is 9.47 Å². The van der Waals surface area contributed by atoms with Crippen molar-refractivity contribution < 1.29 is 45.4 Å². The first-order valence-corrected chi connectivity index (χ1v) is 5.10. The van der Waals surface area contributed by atoms with Crippen LogP contribution in [0.15, 0.2) is 18.2 Å². The second kappa shape index (κ2) is 5.62. The summed E-state index contributed by atoms with van der Waals surface area (Å²) in [5, 5.41) is 0. The summed E-state index contributed by atoms with van der Waals surface area (Å²) in [5.74, 6) is -7.18. The van der Waals surface area contributed by atoms with Crippen LogP contribution in [-0.4, -0.2) is 24.3 Å². The van der Waals surface area contributed by atoms with Gasteiger partial charge in [-0.25, -0.2) is 9.59 Å². The van der Waals surface area contributed by atoms with Crippen molar-refractivity contribution in [3.63, 3.8) is 0 Å². The average molecular weight is 316 g/mol. The summed E-state index contributed by atoms with van der Waals surface area (Å²) in [6.45, 7) is 1.16. The highest BCUT2D eigenvalue weighted by Crippen LogP contribution is 2.34. The molecule has 1 rings (SSSR count). The minimum Gasteiger partial charge on any atom is -0.416 e. The number of hydrogen-bond donors (Lipinski definition) is 0. The van der Waals surface area contributed by atoms with Gasteiger partial charge in [0.25, 0.3) is 0 Å². The number of benzene rings is 1. The lowest BCUT2D eigenvalue weighted by Gasteiger charge is -2.14. The predicted octanol–water partition coefficient (Wildman–Crippen LogP) is 2.93. The minimum absolute atomic E-state index is 0.125. The maximum Gasteiger partial charge on any atom is 0.491 e. The molecule has 0 heterocycles. The quantitative estimate of drug-likeness (QED) is 0.478. The summed E-state index contributed by atoms with van der Waals surface area (Å²) < 4.78 is 80.3. The molecule has 0 amide bonds. The Kier molecular flexibility index (Phi) is 4.49. The molecule has 0 aliphatic heterocycles. The second-order valence-electron chi connectivity index (χ2n) is 3.68. The van der Waals surface area contributed by atoms with Crippen LogP contribution in [0.3, 0.4) is 0 Å². The summed E-state index contributed by atoms with van der Waals surface area (Å²) in [6, 6.07) is 3.03. The molecular weight excluding hydrogens is 310 g/mol. The van der Waals surface area contributed by atoms with E-state index in [-0.39, 0.29) is 5.56 Å². The fourth-order valence-corrected chi connectivity index (χ4v) is 1.15. The third-order valence-electron chi connectivity index (χ3n) is 2.04. The maximum absolute atomic E-state index is 12.1.